The fraction of sp³-hybridized carbons (Fsp3) is 0.652. The van der Waals surface area contributed by atoms with Crippen molar-refractivity contribution in [2.24, 2.45) is 5.92 Å². The van der Waals surface area contributed by atoms with Gasteiger partial charge in [0.25, 0.3) is 0 Å². The molecule has 0 heterocycles. The number of benzene rings is 1. The minimum absolute atomic E-state index is 0.965. The zero-order valence-corrected chi connectivity index (χ0v) is 15.9. The standard InChI is InChI=1S/C16H24.C7H13N/c1-2-3-4-5-8-14-11-12-15-9-6-7-10-16(15)13-14;1-2-8-7-5-3-4-6-7/h6-7,9-10,14H,2-5,8,11-13H2,1H3;5,8H,2-4,6H2,1H3. The molecule has 1 aromatic rings. The van der Waals surface area contributed by atoms with Crippen molar-refractivity contribution >= 4 is 0 Å². The molecule has 1 unspecified atom stereocenters. The largest absolute Gasteiger partial charge is 0.389 e. The van der Waals surface area contributed by atoms with Crippen LogP contribution in [-0.2, 0) is 12.8 Å². The number of hydrogen-bond acceptors (Lipinski definition) is 1. The maximum Gasteiger partial charge on any atom is 0.0115 e. The Kier molecular flexibility index (Phi) is 9.02. The minimum atomic E-state index is 0.965. The van der Waals surface area contributed by atoms with Crippen LogP contribution >= 0.6 is 0 Å². The van der Waals surface area contributed by atoms with E-state index in [2.05, 4.69) is 49.5 Å². The first-order valence-corrected chi connectivity index (χ1v) is 10.3. The summed E-state index contributed by atoms with van der Waals surface area (Å²) in [6.45, 7) is 5.50. The second kappa shape index (κ2) is 11.3. The molecular formula is C23H37N. The normalized spacial score (nSPS) is 19.1. The monoisotopic (exact) mass is 327 g/mol. The van der Waals surface area contributed by atoms with Gasteiger partial charge < -0.3 is 5.32 Å². The van der Waals surface area contributed by atoms with Gasteiger partial charge in [-0.3, -0.25) is 0 Å². The van der Waals surface area contributed by atoms with Gasteiger partial charge in [0.1, 0.15) is 0 Å². The van der Waals surface area contributed by atoms with E-state index in [9.17, 15) is 0 Å². The van der Waals surface area contributed by atoms with Crippen LogP contribution in [0, 0.1) is 5.92 Å². The van der Waals surface area contributed by atoms with Gasteiger partial charge in [-0.05, 0) is 62.5 Å². The number of hydrogen-bond donors (Lipinski definition) is 1. The molecule has 1 heteroatoms. The van der Waals surface area contributed by atoms with Crippen molar-refractivity contribution in [2.45, 2.75) is 84.5 Å². The lowest BCUT2D eigenvalue weighted by Crippen LogP contribution is -2.13. The van der Waals surface area contributed by atoms with E-state index in [0.29, 0.717) is 0 Å². The summed E-state index contributed by atoms with van der Waals surface area (Å²) in [5.41, 5.74) is 4.68. The molecule has 0 amide bonds. The number of aryl methyl sites for hydroxylation is 1. The minimum Gasteiger partial charge on any atom is -0.389 e. The van der Waals surface area contributed by atoms with Gasteiger partial charge in [0, 0.05) is 12.2 Å². The summed E-state index contributed by atoms with van der Waals surface area (Å²) >= 11 is 0. The topological polar surface area (TPSA) is 12.0 Å². The van der Waals surface area contributed by atoms with Crippen molar-refractivity contribution < 1.29 is 0 Å². The van der Waals surface area contributed by atoms with E-state index in [0.717, 1.165) is 12.5 Å². The van der Waals surface area contributed by atoms with E-state index >= 15 is 0 Å². The van der Waals surface area contributed by atoms with Crippen LogP contribution in [0.5, 0.6) is 0 Å². The number of unbranched alkanes of at least 4 members (excludes halogenated alkanes) is 3. The smallest absolute Gasteiger partial charge is 0.0115 e. The van der Waals surface area contributed by atoms with Gasteiger partial charge in [0.2, 0.25) is 0 Å². The van der Waals surface area contributed by atoms with E-state index in [1.54, 1.807) is 11.1 Å². The molecule has 0 bridgehead atoms. The summed E-state index contributed by atoms with van der Waals surface area (Å²) < 4.78 is 0. The van der Waals surface area contributed by atoms with E-state index in [1.807, 2.05) is 0 Å². The summed E-state index contributed by atoms with van der Waals surface area (Å²) in [7, 11) is 0. The summed E-state index contributed by atoms with van der Waals surface area (Å²) in [4.78, 5) is 0. The van der Waals surface area contributed by atoms with Crippen molar-refractivity contribution in [3.05, 3.63) is 47.2 Å². The number of rotatable bonds is 7. The van der Waals surface area contributed by atoms with Crippen molar-refractivity contribution in [1.82, 2.24) is 5.32 Å². The zero-order chi connectivity index (χ0) is 17.0. The second-order valence-electron chi connectivity index (χ2n) is 7.38. The third-order valence-electron chi connectivity index (χ3n) is 5.36. The van der Waals surface area contributed by atoms with Crippen molar-refractivity contribution in [3.63, 3.8) is 0 Å². The summed E-state index contributed by atoms with van der Waals surface area (Å²) in [6, 6.07) is 9.01. The molecule has 0 radical (unpaired) electrons. The maximum atomic E-state index is 3.31. The quantitative estimate of drug-likeness (QED) is 0.569. The first kappa shape index (κ1) is 19.1. The van der Waals surface area contributed by atoms with Crippen LogP contribution in [0.1, 0.15) is 82.8 Å². The summed E-state index contributed by atoms with van der Waals surface area (Å²) in [5, 5.41) is 3.31. The molecule has 1 aromatic carbocycles. The molecule has 0 aliphatic heterocycles. The average molecular weight is 328 g/mol. The molecule has 24 heavy (non-hydrogen) atoms. The molecule has 0 saturated carbocycles. The van der Waals surface area contributed by atoms with Crippen LogP contribution < -0.4 is 5.32 Å². The Balaban J connectivity index is 0.000000219. The SMILES string of the molecule is CCCCCCC1CCc2ccccc2C1.CCNC1=CCCC1. The number of nitrogens with one attached hydrogen (secondary N) is 1. The highest BCUT2D eigenvalue weighted by Gasteiger charge is 2.17. The zero-order valence-electron chi connectivity index (χ0n) is 15.9. The van der Waals surface area contributed by atoms with Gasteiger partial charge in [0.15, 0.2) is 0 Å². The van der Waals surface area contributed by atoms with Gasteiger partial charge in [0.05, 0.1) is 0 Å². The predicted molar refractivity (Wildman–Crippen MR) is 106 cm³/mol. The van der Waals surface area contributed by atoms with E-state index in [4.69, 9.17) is 0 Å². The molecule has 0 saturated heterocycles. The Bertz CT molecular complexity index is 489. The average Bonchev–Trinajstić information content (AvgIpc) is 3.13. The predicted octanol–water partition coefficient (Wildman–Crippen LogP) is 6.43. The van der Waals surface area contributed by atoms with Gasteiger partial charge >= 0.3 is 0 Å². The molecule has 0 aromatic heterocycles. The molecule has 2 aliphatic rings. The van der Waals surface area contributed by atoms with Crippen molar-refractivity contribution in [1.29, 1.82) is 0 Å². The van der Waals surface area contributed by atoms with Crippen molar-refractivity contribution in [3.8, 4) is 0 Å². The molecule has 1 N–H and O–H groups in total. The van der Waals surface area contributed by atoms with E-state index in [-0.39, 0.29) is 0 Å². The second-order valence-corrected chi connectivity index (χ2v) is 7.38. The van der Waals surface area contributed by atoms with Crippen LogP contribution in [0.15, 0.2) is 36.0 Å². The first-order chi connectivity index (χ1) is 11.8. The van der Waals surface area contributed by atoms with Gasteiger partial charge in [-0.25, -0.2) is 0 Å². The fourth-order valence-electron chi connectivity index (χ4n) is 3.94. The Morgan fingerprint density at radius 3 is 2.54 bits per heavy atom. The molecular weight excluding hydrogens is 290 g/mol. The molecule has 0 spiro atoms. The number of allylic oxidation sites excluding steroid dienone is 2. The van der Waals surface area contributed by atoms with Crippen LogP contribution in [-0.4, -0.2) is 6.54 Å². The first-order valence-electron chi connectivity index (χ1n) is 10.3. The molecule has 1 atom stereocenters. The Morgan fingerprint density at radius 1 is 1.00 bits per heavy atom. The molecule has 134 valence electrons. The highest BCUT2D eigenvalue weighted by Crippen LogP contribution is 2.28. The van der Waals surface area contributed by atoms with Crippen LogP contribution in [0.3, 0.4) is 0 Å². The van der Waals surface area contributed by atoms with Crippen molar-refractivity contribution in [2.75, 3.05) is 6.54 Å². The lowest BCUT2D eigenvalue weighted by Gasteiger charge is -2.24. The Morgan fingerprint density at radius 2 is 1.83 bits per heavy atom. The van der Waals surface area contributed by atoms with E-state index in [1.165, 1.54) is 76.3 Å². The highest BCUT2D eigenvalue weighted by atomic mass is 14.9. The number of fused-ring (bicyclic) bond motifs is 1. The molecule has 1 nitrogen and oxygen atoms in total. The lowest BCUT2D eigenvalue weighted by molar-refractivity contribution is 0.406. The molecule has 3 rings (SSSR count). The maximum absolute atomic E-state index is 3.31. The van der Waals surface area contributed by atoms with Crippen LogP contribution in [0.25, 0.3) is 0 Å². The fourth-order valence-corrected chi connectivity index (χ4v) is 3.94. The highest BCUT2D eigenvalue weighted by molar-refractivity contribution is 5.29. The molecule has 0 fully saturated rings. The lowest BCUT2D eigenvalue weighted by atomic mass is 9.81. The Hall–Kier alpha value is -1.24. The van der Waals surface area contributed by atoms with Gasteiger partial charge in [-0.15, -0.1) is 0 Å². The van der Waals surface area contributed by atoms with Gasteiger partial charge in [-0.2, -0.15) is 0 Å². The molecule has 2 aliphatic carbocycles. The van der Waals surface area contributed by atoms with Gasteiger partial charge in [-0.1, -0.05) is 69.4 Å². The Labute approximate surface area is 149 Å². The third kappa shape index (κ3) is 6.71. The summed E-state index contributed by atoms with van der Waals surface area (Å²) in [6.07, 6.45) is 17.4. The van der Waals surface area contributed by atoms with Crippen LogP contribution in [0.4, 0.5) is 0 Å². The summed E-state index contributed by atoms with van der Waals surface area (Å²) in [5.74, 6) is 0.965. The third-order valence-corrected chi connectivity index (χ3v) is 5.36. The van der Waals surface area contributed by atoms with Crippen LogP contribution in [0.2, 0.25) is 0 Å². The van der Waals surface area contributed by atoms with E-state index < -0.39 is 0 Å².